The van der Waals surface area contributed by atoms with E-state index >= 15 is 0 Å². The van der Waals surface area contributed by atoms with Crippen LogP contribution in [0.5, 0.6) is 0 Å². The molecule has 0 aliphatic heterocycles. The molecule has 0 aliphatic rings. The van der Waals surface area contributed by atoms with Gasteiger partial charge in [-0.2, -0.15) is 0 Å². The van der Waals surface area contributed by atoms with Gasteiger partial charge in [0.1, 0.15) is 0 Å². The molecule has 1 amide bonds. The predicted molar refractivity (Wildman–Crippen MR) is 114 cm³/mol. The van der Waals surface area contributed by atoms with Gasteiger partial charge in [0.2, 0.25) is 0 Å². The summed E-state index contributed by atoms with van der Waals surface area (Å²) in [6, 6.07) is 20.8. The van der Waals surface area contributed by atoms with Gasteiger partial charge in [-0.15, -0.1) is 0 Å². The molecule has 1 heterocycles. The van der Waals surface area contributed by atoms with Crippen LogP contribution in [-0.2, 0) is 5.54 Å². The molecule has 0 bridgehead atoms. The van der Waals surface area contributed by atoms with E-state index in [9.17, 15) is 9.59 Å². The van der Waals surface area contributed by atoms with Gasteiger partial charge < -0.3 is 10.3 Å². The van der Waals surface area contributed by atoms with Gasteiger partial charge in [-0.25, -0.2) is 0 Å². The van der Waals surface area contributed by atoms with E-state index in [1.165, 1.54) is 0 Å². The van der Waals surface area contributed by atoms with E-state index in [1.54, 1.807) is 18.2 Å². The average Bonchev–Trinajstić information content (AvgIpc) is 2.69. The van der Waals surface area contributed by atoms with Crippen LogP contribution in [0.3, 0.4) is 0 Å². The standard InChI is InChI=1S/C24H22N2O2/c1-15-9-12-20-19(13-15)22(27)18-11-10-16(14-21(18)25-20)23(28)26-24(2,3)17-7-5-4-6-8-17/h4-14H,1-3H3,(H,25,27)(H,26,28). The van der Waals surface area contributed by atoms with Gasteiger partial charge in [0.25, 0.3) is 5.91 Å². The summed E-state index contributed by atoms with van der Waals surface area (Å²) >= 11 is 0. The first-order valence-electron chi connectivity index (χ1n) is 9.29. The van der Waals surface area contributed by atoms with Crippen LogP contribution in [-0.4, -0.2) is 10.9 Å². The highest BCUT2D eigenvalue weighted by Crippen LogP contribution is 2.21. The predicted octanol–water partition coefficient (Wildman–Crippen LogP) is 4.65. The highest BCUT2D eigenvalue weighted by molar-refractivity contribution is 6.00. The van der Waals surface area contributed by atoms with Gasteiger partial charge in [0.15, 0.2) is 5.43 Å². The molecule has 140 valence electrons. The molecule has 1 aromatic heterocycles. The second kappa shape index (κ2) is 6.64. The van der Waals surface area contributed by atoms with E-state index in [0.717, 1.165) is 16.6 Å². The van der Waals surface area contributed by atoms with Crippen molar-refractivity contribution in [3.63, 3.8) is 0 Å². The van der Waals surface area contributed by atoms with Gasteiger partial charge >= 0.3 is 0 Å². The van der Waals surface area contributed by atoms with Crippen molar-refractivity contribution >= 4 is 27.7 Å². The summed E-state index contributed by atoms with van der Waals surface area (Å²) in [6.45, 7) is 5.91. The molecule has 0 aliphatic carbocycles. The molecule has 0 saturated carbocycles. The molecular weight excluding hydrogens is 348 g/mol. The number of carbonyl (C=O) groups is 1. The molecule has 0 atom stereocenters. The van der Waals surface area contributed by atoms with Crippen LogP contribution >= 0.6 is 0 Å². The molecule has 0 saturated heterocycles. The molecular formula is C24H22N2O2. The third-order valence-electron chi connectivity index (χ3n) is 5.14. The molecule has 0 fully saturated rings. The summed E-state index contributed by atoms with van der Waals surface area (Å²) in [5.74, 6) is -0.180. The Hall–Kier alpha value is -3.40. The number of hydrogen-bond acceptors (Lipinski definition) is 2. The van der Waals surface area contributed by atoms with Gasteiger partial charge in [0.05, 0.1) is 11.1 Å². The van der Waals surface area contributed by atoms with Crippen LogP contribution in [0.1, 0.15) is 35.3 Å². The molecule has 0 unspecified atom stereocenters. The quantitative estimate of drug-likeness (QED) is 0.516. The van der Waals surface area contributed by atoms with Gasteiger partial charge in [-0.3, -0.25) is 9.59 Å². The molecule has 4 heteroatoms. The molecule has 4 nitrogen and oxygen atoms in total. The third kappa shape index (κ3) is 3.18. The first-order chi connectivity index (χ1) is 13.3. The first kappa shape index (κ1) is 18.0. The van der Waals surface area contributed by atoms with E-state index in [0.29, 0.717) is 21.9 Å². The highest BCUT2D eigenvalue weighted by atomic mass is 16.1. The van der Waals surface area contributed by atoms with Crippen molar-refractivity contribution in [2.24, 2.45) is 0 Å². The fraction of sp³-hybridized carbons (Fsp3) is 0.167. The SMILES string of the molecule is Cc1ccc2[nH]c3cc(C(=O)NC(C)(C)c4ccccc4)ccc3c(=O)c2c1. The maximum absolute atomic E-state index is 12.9. The van der Waals surface area contributed by atoms with Crippen LogP contribution < -0.4 is 10.7 Å². The highest BCUT2D eigenvalue weighted by Gasteiger charge is 2.23. The maximum Gasteiger partial charge on any atom is 0.252 e. The lowest BCUT2D eigenvalue weighted by Gasteiger charge is -2.27. The average molecular weight is 370 g/mol. The lowest BCUT2D eigenvalue weighted by atomic mass is 9.94. The Balaban J connectivity index is 1.73. The second-order valence-corrected chi connectivity index (χ2v) is 7.71. The normalized spacial score (nSPS) is 11.7. The number of aromatic amines is 1. The van der Waals surface area contributed by atoms with Crippen molar-refractivity contribution in [3.05, 3.63) is 93.6 Å². The third-order valence-corrected chi connectivity index (χ3v) is 5.14. The Bertz CT molecular complexity index is 1250. The first-order valence-corrected chi connectivity index (χ1v) is 9.29. The zero-order chi connectivity index (χ0) is 19.9. The van der Waals surface area contributed by atoms with Crippen LogP contribution in [0.4, 0.5) is 0 Å². The number of amides is 1. The lowest BCUT2D eigenvalue weighted by molar-refractivity contribution is 0.0912. The number of benzene rings is 3. The number of fused-ring (bicyclic) bond motifs is 2. The van der Waals surface area contributed by atoms with E-state index in [-0.39, 0.29) is 11.3 Å². The number of rotatable bonds is 3. The van der Waals surface area contributed by atoms with Crippen molar-refractivity contribution in [3.8, 4) is 0 Å². The maximum atomic E-state index is 12.9. The number of pyridine rings is 1. The Labute approximate surface area is 163 Å². The Morgan fingerprint density at radius 1 is 0.893 bits per heavy atom. The number of nitrogens with one attached hydrogen (secondary N) is 2. The second-order valence-electron chi connectivity index (χ2n) is 7.71. The Morgan fingerprint density at radius 2 is 1.64 bits per heavy atom. The van der Waals surface area contributed by atoms with E-state index in [4.69, 9.17) is 0 Å². The monoisotopic (exact) mass is 370 g/mol. The topological polar surface area (TPSA) is 62.0 Å². The van der Waals surface area contributed by atoms with Gasteiger partial charge in [-0.05, 0) is 56.7 Å². The Morgan fingerprint density at radius 3 is 2.39 bits per heavy atom. The zero-order valence-electron chi connectivity index (χ0n) is 16.2. The minimum atomic E-state index is -0.512. The van der Waals surface area contributed by atoms with Crippen molar-refractivity contribution in [1.82, 2.24) is 10.3 Å². The minimum absolute atomic E-state index is 0.0241. The van der Waals surface area contributed by atoms with E-state index in [2.05, 4.69) is 10.3 Å². The fourth-order valence-corrected chi connectivity index (χ4v) is 3.52. The smallest absolute Gasteiger partial charge is 0.252 e. The van der Waals surface area contributed by atoms with E-state index in [1.807, 2.05) is 69.3 Å². The minimum Gasteiger partial charge on any atom is -0.354 e. The summed E-state index contributed by atoms with van der Waals surface area (Å²) in [5.41, 5.74) is 3.47. The van der Waals surface area contributed by atoms with Crippen LogP contribution in [0, 0.1) is 6.92 Å². The number of aromatic nitrogens is 1. The number of hydrogen-bond donors (Lipinski definition) is 2. The summed E-state index contributed by atoms with van der Waals surface area (Å²) in [6.07, 6.45) is 0. The molecule has 2 N–H and O–H groups in total. The van der Waals surface area contributed by atoms with Gasteiger partial charge in [0, 0.05) is 21.9 Å². The van der Waals surface area contributed by atoms with Crippen LogP contribution in [0.15, 0.2) is 71.5 Å². The summed E-state index contributed by atoms with van der Waals surface area (Å²) < 4.78 is 0. The number of aryl methyl sites for hydroxylation is 1. The molecule has 0 spiro atoms. The lowest BCUT2D eigenvalue weighted by Crippen LogP contribution is -2.40. The fourth-order valence-electron chi connectivity index (χ4n) is 3.52. The number of H-pyrrole nitrogens is 1. The molecule has 4 aromatic rings. The van der Waals surface area contributed by atoms with Crippen LogP contribution in [0.2, 0.25) is 0 Å². The van der Waals surface area contributed by atoms with E-state index < -0.39 is 5.54 Å². The molecule has 4 rings (SSSR count). The summed E-state index contributed by atoms with van der Waals surface area (Å²) in [5, 5.41) is 4.32. The van der Waals surface area contributed by atoms with Gasteiger partial charge in [-0.1, -0.05) is 42.0 Å². The Kier molecular flexibility index (Phi) is 4.27. The molecule has 3 aromatic carbocycles. The van der Waals surface area contributed by atoms with Crippen LogP contribution in [0.25, 0.3) is 21.8 Å². The summed E-state index contributed by atoms with van der Waals surface area (Å²) in [4.78, 5) is 29.0. The largest absolute Gasteiger partial charge is 0.354 e. The molecule has 28 heavy (non-hydrogen) atoms. The van der Waals surface area contributed by atoms with Crippen molar-refractivity contribution in [1.29, 1.82) is 0 Å². The molecule has 0 radical (unpaired) electrons. The van der Waals surface area contributed by atoms with Crippen molar-refractivity contribution in [2.45, 2.75) is 26.3 Å². The number of carbonyl (C=O) groups excluding carboxylic acids is 1. The zero-order valence-corrected chi connectivity index (χ0v) is 16.2. The summed E-state index contributed by atoms with van der Waals surface area (Å²) in [7, 11) is 0. The van der Waals surface area contributed by atoms with Crippen molar-refractivity contribution < 1.29 is 4.79 Å². The van der Waals surface area contributed by atoms with Crippen molar-refractivity contribution in [2.75, 3.05) is 0 Å².